The third-order valence-corrected chi connectivity index (χ3v) is 2.19. The van der Waals surface area contributed by atoms with Gasteiger partial charge in [-0.15, -0.1) is 10.2 Å². The fourth-order valence-corrected chi connectivity index (χ4v) is 1.29. The molecule has 1 aromatic carbocycles. The van der Waals surface area contributed by atoms with Crippen molar-refractivity contribution in [3.05, 3.63) is 23.8 Å². The molecule has 2 rings (SSSR count). The summed E-state index contributed by atoms with van der Waals surface area (Å²) in [6.07, 6.45) is 0. The second-order valence-electron chi connectivity index (χ2n) is 4.33. The van der Waals surface area contributed by atoms with Crippen molar-refractivity contribution in [1.29, 1.82) is 0 Å². The van der Waals surface area contributed by atoms with E-state index in [9.17, 15) is 0 Å². The van der Waals surface area contributed by atoms with E-state index < -0.39 is 0 Å². The lowest BCUT2D eigenvalue weighted by molar-refractivity contribution is 0.590. The van der Waals surface area contributed by atoms with Crippen LogP contribution in [0.25, 0.3) is 11.0 Å². The first-order valence-corrected chi connectivity index (χ1v) is 4.54. The van der Waals surface area contributed by atoms with Crippen LogP contribution in [0.2, 0.25) is 0 Å². The van der Waals surface area contributed by atoms with Crippen LogP contribution in [0.4, 0.5) is 0 Å². The molecule has 0 amide bonds. The van der Waals surface area contributed by atoms with E-state index in [2.05, 4.69) is 47.5 Å². The molecule has 14 heavy (non-hydrogen) atoms. The summed E-state index contributed by atoms with van der Waals surface area (Å²) in [7, 11) is 0. The van der Waals surface area contributed by atoms with Gasteiger partial charge in [-0.05, 0) is 33.5 Å². The van der Waals surface area contributed by atoms with E-state index >= 15 is 0 Å². The van der Waals surface area contributed by atoms with Crippen LogP contribution in [0.3, 0.4) is 0 Å². The summed E-state index contributed by atoms with van der Waals surface area (Å²) in [6.45, 7) is 6.49. The highest BCUT2D eigenvalue weighted by atomic mass is 15.4. The predicted octanol–water partition coefficient (Wildman–Crippen LogP) is 1.72. The van der Waals surface area contributed by atoms with E-state index in [0.717, 1.165) is 11.0 Å². The third kappa shape index (κ3) is 1.55. The van der Waals surface area contributed by atoms with Crippen LogP contribution < -0.4 is 0 Å². The summed E-state index contributed by atoms with van der Waals surface area (Å²) in [4.78, 5) is 0. The Hall–Kier alpha value is -1.58. The summed E-state index contributed by atoms with van der Waals surface area (Å²) in [5, 5.41) is 14.8. The van der Waals surface area contributed by atoms with Gasteiger partial charge in [0.05, 0.1) is 0 Å². The van der Waals surface area contributed by atoms with Crippen molar-refractivity contribution in [3.8, 4) is 0 Å². The molecule has 4 nitrogen and oxygen atoms in total. The van der Waals surface area contributed by atoms with Gasteiger partial charge in [0.25, 0.3) is 0 Å². The minimum atomic E-state index is 0.124. The zero-order chi connectivity index (χ0) is 10.2. The average Bonchev–Trinajstić information content (AvgIpc) is 2.16. The highest BCUT2D eigenvalue weighted by Crippen LogP contribution is 2.23. The van der Waals surface area contributed by atoms with E-state index in [1.807, 2.05) is 12.1 Å². The van der Waals surface area contributed by atoms with E-state index in [1.54, 1.807) is 0 Å². The van der Waals surface area contributed by atoms with E-state index in [-0.39, 0.29) is 5.41 Å². The zero-order valence-corrected chi connectivity index (χ0v) is 8.52. The lowest BCUT2D eigenvalue weighted by atomic mass is 9.87. The highest BCUT2D eigenvalue weighted by Gasteiger charge is 2.14. The summed E-state index contributed by atoms with van der Waals surface area (Å²) in [6, 6.07) is 5.99. The van der Waals surface area contributed by atoms with Crippen LogP contribution in [-0.4, -0.2) is 20.6 Å². The van der Waals surface area contributed by atoms with E-state index in [1.165, 1.54) is 5.56 Å². The van der Waals surface area contributed by atoms with Crippen molar-refractivity contribution >= 4 is 11.0 Å². The summed E-state index contributed by atoms with van der Waals surface area (Å²) < 4.78 is 0. The van der Waals surface area contributed by atoms with Gasteiger partial charge in [-0.25, -0.2) is 0 Å². The van der Waals surface area contributed by atoms with Crippen LogP contribution in [0, 0.1) is 0 Å². The lowest BCUT2D eigenvalue weighted by Gasteiger charge is -2.18. The average molecular weight is 188 g/mol. The van der Waals surface area contributed by atoms with Crippen molar-refractivity contribution in [2.45, 2.75) is 26.2 Å². The number of hydrogen-bond donors (Lipinski definition) is 0. The summed E-state index contributed by atoms with van der Waals surface area (Å²) >= 11 is 0. The van der Waals surface area contributed by atoms with Gasteiger partial charge in [0.15, 0.2) is 0 Å². The molecule has 4 heteroatoms. The fraction of sp³-hybridized carbons (Fsp3) is 0.400. The van der Waals surface area contributed by atoms with Crippen molar-refractivity contribution in [1.82, 2.24) is 20.6 Å². The Bertz CT molecular complexity index is 459. The minimum Gasteiger partial charge on any atom is -0.127 e. The number of aromatic nitrogens is 4. The zero-order valence-electron chi connectivity index (χ0n) is 8.52. The predicted molar refractivity (Wildman–Crippen MR) is 53.8 cm³/mol. The Labute approximate surface area is 82.4 Å². The van der Waals surface area contributed by atoms with Crippen LogP contribution in [0.15, 0.2) is 18.2 Å². The van der Waals surface area contributed by atoms with Gasteiger partial charge in [-0.1, -0.05) is 26.8 Å². The Balaban J connectivity index is 2.63. The maximum absolute atomic E-state index is 3.93. The van der Waals surface area contributed by atoms with Crippen molar-refractivity contribution in [2.75, 3.05) is 0 Å². The fourth-order valence-electron chi connectivity index (χ4n) is 1.29. The van der Waals surface area contributed by atoms with Crippen molar-refractivity contribution < 1.29 is 0 Å². The van der Waals surface area contributed by atoms with Crippen molar-refractivity contribution in [3.63, 3.8) is 0 Å². The lowest BCUT2D eigenvalue weighted by Crippen LogP contribution is -2.11. The van der Waals surface area contributed by atoms with Crippen LogP contribution >= 0.6 is 0 Å². The molecule has 2 aromatic rings. The minimum absolute atomic E-state index is 0.124. The molecular formula is C10H12N4. The normalized spacial score (nSPS) is 11.9. The second kappa shape index (κ2) is 2.97. The smallest absolute Gasteiger partial charge is 0.115 e. The van der Waals surface area contributed by atoms with Gasteiger partial charge >= 0.3 is 0 Å². The van der Waals surface area contributed by atoms with E-state index in [4.69, 9.17) is 0 Å². The first kappa shape index (κ1) is 8.99. The number of nitrogens with zero attached hydrogens (tertiary/aromatic N) is 4. The second-order valence-corrected chi connectivity index (χ2v) is 4.33. The molecule has 0 fully saturated rings. The molecule has 0 N–H and O–H groups in total. The number of hydrogen-bond acceptors (Lipinski definition) is 4. The highest BCUT2D eigenvalue weighted by molar-refractivity contribution is 5.73. The van der Waals surface area contributed by atoms with Gasteiger partial charge in [0, 0.05) is 0 Å². The molecule has 0 aliphatic rings. The monoisotopic (exact) mass is 188 g/mol. The summed E-state index contributed by atoms with van der Waals surface area (Å²) in [5.74, 6) is 0. The number of benzene rings is 1. The van der Waals surface area contributed by atoms with Crippen LogP contribution in [0.1, 0.15) is 26.3 Å². The molecule has 0 saturated carbocycles. The molecule has 0 radical (unpaired) electrons. The Morgan fingerprint density at radius 2 is 1.57 bits per heavy atom. The van der Waals surface area contributed by atoms with Crippen LogP contribution in [-0.2, 0) is 5.41 Å². The molecule has 1 heterocycles. The van der Waals surface area contributed by atoms with E-state index in [0.29, 0.717) is 0 Å². The van der Waals surface area contributed by atoms with Gasteiger partial charge < -0.3 is 0 Å². The maximum atomic E-state index is 3.93. The first-order chi connectivity index (χ1) is 6.57. The molecule has 0 bridgehead atoms. The van der Waals surface area contributed by atoms with Gasteiger partial charge in [-0.2, -0.15) is 0 Å². The standard InChI is InChI=1S/C10H12N4/c1-10(2,3)7-4-5-8-9(6-7)12-14-13-11-8/h4-6H,1-3H3. The molecular weight excluding hydrogens is 176 g/mol. The maximum Gasteiger partial charge on any atom is 0.115 e. The molecule has 0 aliphatic heterocycles. The van der Waals surface area contributed by atoms with Crippen molar-refractivity contribution in [2.24, 2.45) is 0 Å². The Morgan fingerprint density at radius 1 is 0.929 bits per heavy atom. The Morgan fingerprint density at radius 3 is 2.21 bits per heavy atom. The molecule has 0 aliphatic carbocycles. The van der Waals surface area contributed by atoms with Gasteiger partial charge in [0.1, 0.15) is 11.0 Å². The Kier molecular flexibility index (Phi) is 1.91. The molecule has 0 spiro atoms. The summed E-state index contributed by atoms with van der Waals surface area (Å²) in [5.41, 5.74) is 2.94. The van der Waals surface area contributed by atoms with Gasteiger partial charge in [-0.3, -0.25) is 0 Å². The molecule has 1 aromatic heterocycles. The van der Waals surface area contributed by atoms with Crippen LogP contribution in [0.5, 0.6) is 0 Å². The quantitative estimate of drug-likeness (QED) is 0.631. The number of fused-ring (bicyclic) bond motifs is 1. The molecule has 0 saturated heterocycles. The molecule has 0 unspecified atom stereocenters. The SMILES string of the molecule is CC(C)(C)c1ccc2nnnnc2c1. The molecule has 0 atom stereocenters. The third-order valence-electron chi connectivity index (χ3n) is 2.19. The topological polar surface area (TPSA) is 51.6 Å². The largest absolute Gasteiger partial charge is 0.127 e. The number of rotatable bonds is 0. The first-order valence-electron chi connectivity index (χ1n) is 4.54. The molecule has 72 valence electrons. The van der Waals surface area contributed by atoms with Gasteiger partial charge in [0.2, 0.25) is 0 Å².